The molecule has 0 N–H and O–H groups in total. The van der Waals surface area contributed by atoms with Gasteiger partial charge in [-0.25, -0.2) is 4.98 Å². The SMILES string of the molecule is Cc1cc(C2CCCCC2)cc(Br)n1. The lowest BCUT2D eigenvalue weighted by Crippen LogP contribution is -2.05. The Morgan fingerprint density at radius 2 is 1.93 bits per heavy atom. The highest BCUT2D eigenvalue weighted by Crippen LogP contribution is 2.33. The highest BCUT2D eigenvalue weighted by Gasteiger charge is 2.16. The zero-order valence-corrected chi connectivity index (χ0v) is 10.2. The van der Waals surface area contributed by atoms with E-state index in [-0.39, 0.29) is 0 Å². The zero-order valence-electron chi connectivity index (χ0n) is 8.59. The molecule has 0 radical (unpaired) electrons. The topological polar surface area (TPSA) is 12.9 Å². The summed E-state index contributed by atoms with van der Waals surface area (Å²) in [5, 5.41) is 0. The fraction of sp³-hybridized carbons (Fsp3) is 0.583. The molecule has 1 fully saturated rings. The molecular formula is C12H16BrN. The molecule has 0 amide bonds. The molecule has 2 heteroatoms. The van der Waals surface area contributed by atoms with Crippen molar-refractivity contribution in [3.05, 3.63) is 28.0 Å². The van der Waals surface area contributed by atoms with E-state index in [1.807, 2.05) is 0 Å². The van der Waals surface area contributed by atoms with Gasteiger partial charge < -0.3 is 0 Å². The van der Waals surface area contributed by atoms with E-state index in [9.17, 15) is 0 Å². The quantitative estimate of drug-likeness (QED) is 0.684. The number of rotatable bonds is 1. The van der Waals surface area contributed by atoms with Crippen molar-refractivity contribution in [2.24, 2.45) is 0 Å². The van der Waals surface area contributed by atoms with E-state index in [4.69, 9.17) is 0 Å². The maximum absolute atomic E-state index is 4.35. The van der Waals surface area contributed by atoms with E-state index in [1.165, 1.54) is 37.7 Å². The number of aryl methyl sites for hydroxylation is 1. The molecule has 1 saturated carbocycles. The molecule has 2 rings (SSSR count). The highest BCUT2D eigenvalue weighted by atomic mass is 79.9. The predicted molar refractivity (Wildman–Crippen MR) is 62.5 cm³/mol. The lowest BCUT2D eigenvalue weighted by Gasteiger charge is -2.22. The van der Waals surface area contributed by atoms with Gasteiger partial charge in [0.05, 0.1) is 0 Å². The second kappa shape index (κ2) is 4.43. The number of halogens is 1. The number of aromatic nitrogens is 1. The molecular weight excluding hydrogens is 238 g/mol. The van der Waals surface area contributed by atoms with E-state index in [0.717, 1.165) is 16.2 Å². The van der Waals surface area contributed by atoms with Gasteiger partial charge in [-0.2, -0.15) is 0 Å². The molecule has 76 valence electrons. The number of hydrogen-bond donors (Lipinski definition) is 0. The Hall–Kier alpha value is -0.370. The van der Waals surface area contributed by atoms with Gasteiger partial charge in [0, 0.05) is 5.69 Å². The third kappa shape index (κ3) is 2.35. The third-order valence-electron chi connectivity index (χ3n) is 3.02. The van der Waals surface area contributed by atoms with E-state index in [1.54, 1.807) is 0 Å². The molecule has 0 bridgehead atoms. The van der Waals surface area contributed by atoms with Gasteiger partial charge >= 0.3 is 0 Å². The summed E-state index contributed by atoms with van der Waals surface area (Å²) in [6.07, 6.45) is 6.92. The first-order valence-corrected chi connectivity index (χ1v) is 6.19. The fourth-order valence-corrected chi connectivity index (χ4v) is 2.87. The molecule has 0 saturated heterocycles. The number of hydrogen-bond acceptors (Lipinski definition) is 1. The van der Waals surface area contributed by atoms with Crippen LogP contribution in [-0.2, 0) is 0 Å². The average molecular weight is 254 g/mol. The Kier molecular flexibility index (Phi) is 3.22. The van der Waals surface area contributed by atoms with E-state index >= 15 is 0 Å². The van der Waals surface area contributed by atoms with Gasteiger partial charge in [-0.1, -0.05) is 19.3 Å². The Balaban J connectivity index is 2.21. The van der Waals surface area contributed by atoms with E-state index < -0.39 is 0 Å². The molecule has 1 nitrogen and oxygen atoms in total. The first-order chi connectivity index (χ1) is 6.75. The number of pyridine rings is 1. The van der Waals surface area contributed by atoms with Crippen LogP contribution >= 0.6 is 15.9 Å². The second-order valence-electron chi connectivity index (χ2n) is 4.20. The van der Waals surface area contributed by atoms with E-state index in [0.29, 0.717) is 0 Å². The minimum absolute atomic E-state index is 0.779. The van der Waals surface area contributed by atoms with Crippen LogP contribution in [-0.4, -0.2) is 4.98 Å². The molecule has 1 aliphatic rings. The van der Waals surface area contributed by atoms with Crippen molar-refractivity contribution in [1.82, 2.24) is 4.98 Å². The largest absolute Gasteiger partial charge is 0.246 e. The van der Waals surface area contributed by atoms with Gasteiger partial charge in [-0.3, -0.25) is 0 Å². The molecule has 1 aliphatic carbocycles. The van der Waals surface area contributed by atoms with Crippen molar-refractivity contribution >= 4 is 15.9 Å². The van der Waals surface area contributed by atoms with Gasteiger partial charge in [0.15, 0.2) is 0 Å². The standard InChI is InChI=1S/C12H16BrN/c1-9-7-11(8-12(13)14-9)10-5-3-2-4-6-10/h7-8,10H,2-6H2,1H3. The van der Waals surface area contributed by atoms with Gasteiger partial charge in [-0.15, -0.1) is 0 Å². The summed E-state index contributed by atoms with van der Waals surface area (Å²) in [5.41, 5.74) is 2.60. The Bertz CT molecular complexity index is 296. The number of nitrogens with zero attached hydrogens (tertiary/aromatic N) is 1. The van der Waals surface area contributed by atoms with Crippen molar-refractivity contribution < 1.29 is 0 Å². The summed E-state index contributed by atoms with van der Waals surface area (Å²) in [6, 6.07) is 4.42. The van der Waals surface area contributed by atoms with Crippen molar-refractivity contribution in [3.8, 4) is 0 Å². The van der Waals surface area contributed by atoms with Gasteiger partial charge in [0.2, 0.25) is 0 Å². The zero-order chi connectivity index (χ0) is 9.97. The average Bonchev–Trinajstić information content (AvgIpc) is 2.18. The maximum atomic E-state index is 4.35. The normalized spacial score (nSPS) is 18.4. The van der Waals surface area contributed by atoms with E-state index in [2.05, 4.69) is 40.0 Å². The first kappa shape index (κ1) is 10.2. The molecule has 1 aromatic heterocycles. The maximum Gasteiger partial charge on any atom is 0.106 e. The van der Waals surface area contributed by atoms with Crippen LogP contribution in [0.1, 0.15) is 49.3 Å². The lowest BCUT2D eigenvalue weighted by atomic mass is 9.84. The smallest absolute Gasteiger partial charge is 0.106 e. The molecule has 0 spiro atoms. The van der Waals surface area contributed by atoms with Crippen LogP contribution in [0.25, 0.3) is 0 Å². The molecule has 0 unspecified atom stereocenters. The summed E-state index contributed by atoms with van der Waals surface area (Å²) < 4.78 is 0.984. The van der Waals surface area contributed by atoms with Crippen LogP contribution < -0.4 is 0 Å². The highest BCUT2D eigenvalue weighted by molar-refractivity contribution is 9.10. The summed E-state index contributed by atoms with van der Waals surface area (Å²) >= 11 is 3.47. The van der Waals surface area contributed by atoms with Gasteiger partial charge in [-0.05, 0) is 59.3 Å². The molecule has 0 aromatic carbocycles. The summed E-state index contributed by atoms with van der Waals surface area (Å²) in [7, 11) is 0. The van der Waals surface area contributed by atoms with Gasteiger partial charge in [0.1, 0.15) is 4.60 Å². The van der Waals surface area contributed by atoms with Crippen LogP contribution in [0.5, 0.6) is 0 Å². The lowest BCUT2D eigenvalue weighted by molar-refractivity contribution is 0.443. The van der Waals surface area contributed by atoms with Crippen molar-refractivity contribution in [2.75, 3.05) is 0 Å². The van der Waals surface area contributed by atoms with Crippen molar-refractivity contribution in [1.29, 1.82) is 0 Å². The second-order valence-corrected chi connectivity index (χ2v) is 5.01. The summed E-state index contributed by atoms with van der Waals surface area (Å²) in [4.78, 5) is 4.35. The van der Waals surface area contributed by atoms with Crippen LogP contribution in [0, 0.1) is 6.92 Å². The van der Waals surface area contributed by atoms with Gasteiger partial charge in [0.25, 0.3) is 0 Å². The summed E-state index contributed by atoms with van der Waals surface area (Å²) in [5.74, 6) is 0.779. The van der Waals surface area contributed by atoms with Crippen LogP contribution in [0.15, 0.2) is 16.7 Å². The molecule has 14 heavy (non-hydrogen) atoms. The summed E-state index contributed by atoms with van der Waals surface area (Å²) in [6.45, 7) is 2.07. The minimum atomic E-state index is 0.779. The van der Waals surface area contributed by atoms with Crippen molar-refractivity contribution in [3.63, 3.8) is 0 Å². The monoisotopic (exact) mass is 253 g/mol. The molecule has 1 aromatic rings. The van der Waals surface area contributed by atoms with Crippen LogP contribution in [0.2, 0.25) is 0 Å². The molecule has 0 aliphatic heterocycles. The van der Waals surface area contributed by atoms with Crippen molar-refractivity contribution in [2.45, 2.75) is 44.9 Å². The third-order valence-corrected chi connectivity index (χ3v) is 3.43. The fourth-order valence-electron chi connectivity index (χ4n) is 2.33. The van der Waals surface area contributed by atoms with Crippen LogP contribution in [0.4, 0.5) is 0 Å². The van der Waals surface area contributed by atoms with Crippen LogP contribution in [0.3, 0.4) is 0 Å². The predicted octanol–water partition coefficient (Wildman–Crippen LogP) is 4.20. The molecule has 0 atom stereocenters. The Labute approximate surface area is 94.1 Å². The Morgan fingerprint density at radius 1 is 1.21 bits per heavy atom. The minimum Gasteiger partial charge on any atom is -0.246 e. The first-order valence-electron chi connectivity index (χ1n) is 5.40. The Morgan fingerprint density at radius 3 is 2.57 bits per heavy atom. The molecule has 1 heterocycles.